The van der Waals surface area contributed by atoms with Crippen LogP contribution in [0.3, 0.4) is 0 Å². The van der Waals surface area contributed by atoms with E-state index in [2.05, 4.69) is 20.9 Å². The molecule has 0 aliphatic carbocycles. The van der Waals surface area contributed by atoms with Gasteiger partial charge >= 0.3 is 0 Å². The smallest absolute Gasteiger partial charge is 0.259 e. The number of imide groups is 1. The number of anilines is 1. The van der Waals surface area contributed by atoms with Crippen LogP contribution in [0.2, 0.25) is 0 Å². The van der Waals surface area contributed by atoms with Crippen molar-refractivity contribution in [2.45, 2.75) is 18.9 Å². The lowest BCUT2D eigenvalue weighted by Crippen LogP contribution is -2.43. The highest BCUT2D eigenvalue weighted by atomic mass is 16.2. The zero-order valence-corrected chi connectivity index (χ0v) is 10.2. The second kappa shape index (κ2) is 6.05. The van der Waals surface area contributed by atoms with Crippen LogP contribution in [0.1, 0.15) is 23.2 Å². The number of amides is 3. The van der Waals surface area contributed by atoms with E-state index in [0.29, 0.717) is 12.2 Å². The Kier molecular flexibility index (Phi) is 4.19. The summed E-state index contributed by atoms with van der Waals surface area (Å²) in [6, 6.07) is 2.68. The predicted molar refractivity (Wildman–Crippen MR) is 67.4 cm³/mol. The third-order valence-electron chi connectivity index (χ3n) is 2.85. The SMILES string of the molecule is O=CNc1ccc(C(=O)NC(=O)[C@@H]2CCCN2)cn1. The molecular formula is C12H14N4O3. The molecule has 0 radical (unpaired) electrons. The second-order valence-electron chi connectivity index (χ2n) is 4.16. The molecule has 3 N–H and O–H groups in total. The van der Waals surface area contributed by atoms with E-state index in [0.717, 1.165) is 19.4 Å². The topological polar surface area (TPSA) is 100 Å². The molecule has 0 saturated carbocycles. The predicted octanol–water partition coefficient (Wildman–Crippen LogP) is -0.342. The molecule has 3 amide bonds. The van der Waals surface area contributed by atoms with E-state index in [1.807, 2.05) is 0 Å². The zero-order valence-electron chi connectivity index (χ0n) is 10.2. The van der Waals surface area contributed by atoms with Crippen molar-refractivity contribution in [1.82, 2.24) is 15.6 Å². The maximum Gasteiger partial charge on any atom is 0.259 e. The molecule has 0 spiro atoms. The summed E-state index contributed by atoms with van der Waals surface area (Å²) in [5, 5.41) is 7.69. The first-order valence-electron chi connectivity index (χ1n) is 5.95. The standard InChI is InChI=1S/C12H14N4O3/c17-7-15-10-4-3-8(6-14-10)11(18)16-12(19)9-2-1-5-13-9/h3-4,6-7,9,13H,1-2,5H2,(H,14,15,17)(H,16,18,19)/t9-/m0/s1. The fourth-order valence-electron chi connectivity index (χ4n) is 1.85. The first-order chi connectivity index (χ1) is 9.20. The first kappa shape index (κ1) is 13.2. The number of nitrogens with zero attached hydrogens (tertiary/aromatic N) is 1. The molecule has 1 aromatic heterocycles. The molecule has 2 heterocycles. The van der Waals surface area contributed by atoms with E-state index in [4.69, 9.17) is 0 Å². The number of nitrogens with one attached hydrogen (secondary N) is 3. The van der Waals surface area contributed by atoms with Crippen LogP contribution in [0.15, 0.2) is 18.3 Å². The quantitative estimate of drug-likeness (QED) is 0.509. The summed E-state index contributed by atoms with van der Waals surface area (Å²) < 4.78 is 0. The van der Waals surface area contributed by atoms with Gasteiger partial charge in [0.2, 0.25) is 12.3 Å². The van der Waals surface area contributed by atoms with Gasteiger partial charge in [-0.2, -0.15) is 0 Å². The first-order valence-corrected chi connectivity index (χ1v) is 5.95. The Morgan fingerprint density at radius 2 is 2.26 bits per heavy atom. The van der Waals surface area contributed by atoms with E-state index >= 15 is 0 Å². The largest absolute Gasteiger partial charge is 0.313 e. The highest BCUT2D eigenvalue weighted by Crippen LogP contribution is 2.07. The molecule has 1 saturated heterocycles. The summed E-state index contributed by atoms with van der Waals surface area (Å²) in [4.78, 5) is 37.6. The van der Waals surface area contributed by atoms with Gasteiger partial charge in [-0.1, -0.05) is 0 Å². The molecule has 19 heavy (non-hydrogen) atoms. The molecule has 100 valence electrons. The minimum absolute atomic E-state index is 0.266. The maximum atomic E-state index is 11.8. The third kappa shape index (κ3) is 3.35. The lowest BCUT2D eigenvalue weighted by atomic mass is 10.2. The molecule has 7 nitrogen and oxygen atoms in total. The summed E-state index contributed by atoms with van der Waals surface area (Å²) in [5.41, 5.74) is 0.266. The average molecular weight is 262 g/mol. The zero-order chi connectivity index (χ0) is 13.7. The van der Waals surface area contributed by atoms with Crippen LogP contribution >= 0.6 is 0 Å². The molecule has 0 aromatic carbocycles. The van der Waals surface area contributed by atoms with E-state index in [9.17, 15) is 14.4 Å². The minimum Gasteiger partial charge on any atom is -0.313 e. The van der Waals surface area contributed by atoms with Crippen molar-refractivity contribution in [2.24, 2.45) is 0 Å². The van der Waals surface area contributed by atoms with Gasteiger partial charge < -0.3 is 10.6 Å². The number of hydrogen-bond donors (Lipinski definition) is 3. The molecule has 2 rings (SSSR count). The fraction of sp³-hybridized carbons (Fsp3) is 0.333. The Morgan fingerprint density at radius 1 is 1.42 bits per heavy atom. The van der Waals surface area contributed by atoms with Crippen LogP contribution in [0.5, 0.6) is 0 Å². The van der Waals surface area contributed by atoms with Crippen LogP contribution in [0.25, 0.3) is 0 Å². The highest BCUT2D eigenvalue weighted by molar-refractivity contribution is 6.06. The van der Waals surface area contributed by atoms with Gasteiger partial charge in [0.1, 0.15) is 5.82 Å². The van der Waals surface area contributed by atoms with Crippen LogP contribution in [0.4, 0.5) is 5.82 Å². The van der Waals surface area contributed by atoms with E-state index in [1.54, 1.807) is 0 Å². The van der Waals surface area contributed by atoms with Crippen molar-refractivity contribution >= 4 is 24.0 Å². The Balaban J connectivity index is 1.95. The van der Waals surface area contributed by atoms with Gasteiger partial charge in [-0.05, 0) is 31.5 Å². The number of hydrogen-bond acceptors (Lipinski definition) is 5. The minimum atomic E-state index is -0.496. The molecule has 7 heteroatoms. The van der Waals surface area contributed by atoms with Crippen LogP contribution in [-0.2, 0) is 9.59 Å². The molecule has 1 aliphatic rings. The molecule has 0 unspecified atom stereocenters. The van der Waals surface area contributed by atoms with E-state index in [-0.39, 0.29) is 17.5 Å². The monoisotopic (exact) mass is 262 g/mol. The molecule has 1 fully saturated rings. The van der Waals surface area contributed by atoms with Gasteiger partial charge in [0, 0.05) is 6.20 Å². The van der Waals surface area contributed by atoms with Crippen molar-refractivity contribution in [1.29, 1.82) is 0 Å². The normalized spacial score (nSPS) is 17.8. The summed E-state index contributed by atoms with van der Waals surface area (Å²) >= 11 is 0. The number of aromatic nitrogens is 1. The molecular weight excluding hydrogens is 248 g/mol. The Bertz CT molecular complexity index is 480. The van der Waals surface area contributed by atoms with Gasteiger partial charge in [0.05, 0.1) is 11.6 Å². The van der Waals surface area contributed by atoms with Gasteiger partial charge in [0.25, 0.3) is 5.91 Å². The summed E-state index contributed by atoms with van der Waals surface area (Å²) in [5.74, 6) is -0.475. The summed E-state index contributed by atoms with van der Waals surface area (Å²) in [6.07, 6.45) is 3.47. The van der Waals surface area contributed by atoms with Crippen LogP contribution in [-0.4, -0.2) is 35.8 Å². The fourth-order valence-corrected chi connectivity index (χ4v) is 1.85. The third-order valence-corrected chi connectivity index (χ3v) is 2.85. The Labute approximate surface area is 109 Å². The van der Waals surface area contributed by atoms with Gasteiger partial charge in [-0.15, -0.1) is 0 Å². The number of pyridine rings is 1. The van der Waals surface area contributed by atoms with Crippen molar-refractivity contribution in [2.75, 3.05) is 11.9 Å². The number of carbonyl (C=O) groups is 3. The van der Waals surface area contributed by atoms with E-state index < -0.39 is 5.91 Å². The van der Waals surface area contributed by atoms with Crippen LogP contribution in [0, 0.1) is 0 Å². The Morgan fingerprint density at radius 3 is 2.84 bits per heavy atom. The average Bonchev–Trinajstić information content (AvgIpc) is 2.94. The van der Waals surface area contributed by atoms with Gasteiger partial charge in [-0.25, -0.2) is 4.98 Å². The van der Waals surface area contributed by atoms with Crippen molar-refractivity contribution < 1.29 is 14.4 Å². The number of rotatable bonds is 4. The summed E-state index contributed by atoms with van der Waals surface area (Å²) in [6.45, 7) is 0.792. The molecule has 1 aliphatic heterocycles. The van der Waals surface area contributed by atoms with Gasteiger partial charge in [0.15, 0.2) is 0 Å². The molecule has 1 atom stereocenters. The highest BCUT2D eigenvalue weighted by Gasteiger charge is 2.23. The molecule has 1 aromatic rings. The Hall–Kier alpha value is -2.28. The van der Waals surface area contributed by atoms with Crippen molar-refractivity contribution in [3.63, 3.8) is 0 Å². The van der Waals surface area contributed by atoms with Crippen molar-refractivity contribution in [3.05, 3.63) is 23.9 Å². The maximum absolute atomic E-state index is 11.8. The van der Waals surface area contributed by atoms with Crippen molar-refractivity contribution in [3.8, 4) is 0 Å². The summed E-state index contributed by atoms with van der Waals surface area (Å²) in [7, 11) is 0. The lowest BCUT2D eigenvalue weighted by Gasteiger charge is -2.09. The lowest BCUT2D eigenvalue weighted by molar-refractivity contribution is -0.121. The number of carbonyl (C=O) groups excluding carboxylic acids is 3. The van der Waals surface area contributed by atoms with E-state index in [1.165, 1.54) is 18.3 Å². The van der Waals surface area contributed by atoms with Crippen LogP contribution < -0.4 is 16.0 Å². The van der Waals surface area contributed by atoms with Gasteiger partial charge in [-0.3, -0.25) is 19.7 Å². The second-order valence-corrected chi connectivity index (χ2v) is 4.16. The molecule has 0 bridgehead atoms.